The quantitative estimate of drug-likeness (QED) is 0.806. The molecule has 1 aromatic rings. The summed E-state index contributed by atoms with van der Waals surface area (Å²) in [5.41, 5.74) is 1.01. The fourth-order valence-electron chi connectivity index (χ4n) is 2.20. The van der Waals surface area contributed by atoms with Crippen molar-refractivity contribution in [3.8, 4) is 0 Å². The van der Waals surface area contributed by atoms with E-state index in [-0.39, 0.29) is 11.8 Å². The number of hydrogen-bond donors (Lipinski definition) is 2. The number of carbonyl (C=O) groups excluding carboxylic acids is 1. The Kier molecular flexibility index (Phi) is 5.48. The predicted molar refractivity (Wildman–Crippen MR) is 81.7 cm³/mol. The maximum absolute atomic E-state index is 11.8. The monoisotopic (exact) mass is 329 g/mol. The molecule has 1 aromatic carbocycles. The molecule has 0 bridgehead atoms. The minimum absolute atomic E-state index is 0.0986. The molecule has 21 heavy (non-hydrogen) atoms. The van der Waals surface area contributed by atoms with E-state index in [1.165, 1.54) is 0 Å². The molecule has 1 unspecified atom stereocenters. The lowest BCUT2D eigenvalue weighted by atomic mass is 10.1. The Balaban J connectivity index is 1.76. The molecule has 2 N–H and O–H groups in total. The van der Waals surface area contributed by atoms with E-state index in [2.05, 4.69) is 5.32 Å². The van der Waals surface area contributed by atoms with Crippen LogP contribution in [0, 0.1) is 5.92 Å². The summed E-state index contributed by atoms with van der Waals surface area (Å²) in [4.78, 5) is 22.8. The van der Waals surface area contributed by atoms with E-state index in [9.17, 15) is 9.59 Å². The van der Waals surface area contributed by atoms with Crippen molar-refractivity contribution in [3.05, 3.63) is 33.8 Å². The standard InChI is InChI=1S/C15H17Cl2NO3/c16-11-7-4-9(8-12(11)17)2-1-3-13(19)18-14(15(20)21)10-5-6-10/h4,7-8,10,14H,1-3,5-6H2,(H,18,19)(H,20,21). The van der Waals surface area contributed by atoms with Gasteiger partial charge in [0.1, 0.15) is 6.04 Å². The molecule has 4 nitrogen and oxygen atoms in total. The number of benzene rings is 1. The van der Waals surface area contributed by atoms with Crippen LogP contribution in [0.3, 0.4) is 0 Å². The third kappa shape index (κ3) is 4.90. The highest BCUT2D eigenvalue weighted by atomic mass is 35.5. The summed E-state index contributed by atoms with van der Waals surface area (Å²) in [6.07, 6.45) is 3.39. The number of nitrogens with one attached hydrogen (secondary N) is 1. The van der Waals surface area contributed by atoms with Gasteiger partial charge in [0.25, 0.3) is 0 Å². The Labute approximate surface area is 133 Å². The van der Waals surface area contributed by atoms with E-state index in [1.54, 1.807) is 12.1 Å². The normalized spacial score (nSPS) is 15.5. The van der Waals surface area contributed by atoms with Crippen LogP contribution < -0.4 is 5.32 Å². The Morgan fingerprint density at radius 3 is 2.57 bits per heavy atom. The smallest absolute Gasteiger partial charge is 0.326 e. The Bertz CT molecular complexity index is 544. The minimum Gasteiger partial charge on any atom is -0.480 e. The van der Waals surface area contributed by atoms with Crippen LogP contribution in [0.4, 0.5) is 0 Å². The first-order valence-corrected chi connectivity index (χ1v) is 7.69. The first-order chi connectivity index (χ1) is 9.97. The van der Waals surface area contributed by atoms with Crippen LogP contribution in [-0.4, -0.2) is 23.0 Å². The van der Waals surface area contributed by atoms with Gasteiger partial charge in [-0.3, -0.25) is 4.79 Å². The third-order valence-corrected chi connectivity index (χ3v) is 4.27. The molecule has 1 fully saturated rings. The van der Waals surface area contributed by atoms with E-state index >= 15 is 0 Å². The van der Waals surface area contributed by atoms with E-state index in [1.807, 2.05) is 6.07 Å². The van der Waals surface area contributed by atoms with Gasteiger partial charge in [-0.2, -0.15) is 0 Å². The van der Waals surface area contributed by atoms with E-state index < -0.39 is 12.0 Å². The van der Waals surface area contributed by atoms with Crippen molar-refractivity contribution in [1.29, 1.82) is 0 Å². The van der Waals surface area contributed by atoms with Crippen LogP contribution in [0.2, 0.25) is 10.0 Å². The number of carbonyl (C=O) groups is 2. The van der Waals surface area contributed by atoms with Crippen molar-refractivity contribution < 1.29 is 14.7 Å². The van der Waals surface area contributed by atoms with Crippen molar-refractivity contribution in [1.82, 2.24) is 5.32 Å². The molecular formula is C15H17Cl2NO3. The van der Waals surface area contributed by atoms with Crippen LogP contribution in [0.5, 0.6) is 0 Å². The van der Waals surface area contributed by atoms with Gasteiger partial charge in [0, 0.05) is 6.42 Å². The zero-order chi connectivity index (χ0) is 15.4. The van der Waals surface area contributed by atoms with E-state index in [4.69, 9.17) is 28.3 Å². The molecular weight excluding hydrogens is 313 g/mol. The number of rotatable bonds is 7. The van der Waals surface area contributed by atoms with Crippen LogP contribution in [0.1, 0.15) is 31.2 Å². The summed E-state index contributed by atoms with van der Waals surface area (Å²) in [7, 11) is 0. The summed E-state index contributed by atoms with van der Waals surface area (Å²) in [6.45, 7) is 0. The Hall–Kier alpha value is -1.26. The summed E-state index contributed by atoms with van der Waals surface area (Å²) in [5, 5.41) is 12.7. The van der Waals surface area contributed by atoms with Gasteiger partial charge >= 0.3 is 5.97 Å². The highest BCUT2D eigenvalue weighted by molar-refractivity contribution is 6.42. The SMILES string of the molecule is O=C(CCCc1ccc(Cl)c(Cl)c1)NC(C(=O)O)C1CC1. The van der Waals surface area contributed by atoms with Gasteiger partial charge < -0.3 is 10.4 Å². The van der Waals surface area contributed by atoms with Crippen LogP contribution in [0.25, 0.3) is 0 Å². The van der Waals surface area contributed by atoms with Crippen molar-refractivity contribution in [2.24, 2.45) is 5.92 Å². The average Bonchev–Trinajstić information content (AvgIpc) is 3.24. The van der Waals surface area contributed by atoms with Crippen molar-refractivity contribution in [3.63, 3.8) is 0 Å². The molecule has 1 atom stereocenters. The summed E-state index contributed by atoms with van der Waals surface area (Å²) in [5.74, 6) is -1.06. The summed E-state index contributed by atoms with van der Waals surface area (Å²) < 4.78 is 0. The molecule has 1 aliphatic carbocycles. The van der Waals surface area contributed by atoms with E-state index in [0.717, 1.165) is 18.4 Å². The Morgan fingerprint density at radius 2 is 2.00 bits per heavy atom. The van der Waals surface area contributed by atoms with E-state index in [0.29, 0.717) is 29.3 Å². The molecule has 0 spiro atoms. The van der Waals surface area contributed by atoms with Crippen molar-refractivity contribution in [2.45, 2.75) is 38.1 Å². The number of aryl methyl sites for hydroxylation is 1. The van der Waals surface area contributed by atoms with Crippen LogP contribution >= 0.6 is 23.2 Å². The number of amides is 1. The minimum atomic E-state index is -0.949. The molecule has 0 radical (unpaired) electrons. The van der Waals surface area contributed by atoms with Gasteiger partial charge in [-0.15, -0.1) is 0 Å². The fourth-order valence-corrected chi connectivity index (χ4v) is 2.53. The predicted octanol–water partition coefficient (Wildman–Crippen LogP) is 3.30. The molecule has 114 valence electrons. The summed E-state index contributed by atoms with van der Waals surface area (Å²) >= 11 is 11.8. The molecule has 0 aromatic heterocycles. The number of halogens is 2. The zero-order valence-corrected chi connectivity index (χ0v) is 13.0. The molecule has 0 heterocycles. The summed E-state index contributed by atoms with van der Waals surface area (Å²) in [6, 6.07) is 4.65. The topological polar surface area (TPSA) is 66.4 Å². The van der Waals surface area contributed by atoms with Crippen LogP contribution in [-0.2, 0) is 16.0 Å². The van der Waals surface area contributed by atoms with Crippen molar-refractivity contribution >= 4 is 35.1 Å². The molecule has 6 heteroatoms. The molecule has 2 rings (SSSR count). The van der Waals surface area contributed by atoms with Gasteiger partial charge in [0.2, 0.25) is 5.91 Å². The molecule has 0 saturated heterocycles. The largest absolute Gasteiger partial charge is 0.480 e. The maximum atomic E-state index is 11.8. The second-order valence-corrected chi connectivity index (χ2v) is 6.14. The fraction of sp³-hybridized carbons (Fsp3) is 0.467. The zero-order valence-electron chi connectivity index (χ0n) is 11.4. The number of carboxylic acid groups (broad SMARTS) is 1. The first-order valence-electron chi connectivity index (χ1n) is 6.93. The van der Waals surface area contributed by atoms with Gasteiger partial charge in [0.15, 0.2) is 0 Å². The Morgan fingerprint density at radius 1 is 1.29 bits per heavy atom. The van der Waals surface area contributed by atoms with Crippen LogP contribution in [0.15, 0.2) is 18.2 Å². The van der Waals surface area contributed by atoms with Gasteiger partial charge in [-0.05, 0) is 49.3 Å². The lowest BCUT2D eigenvalue weighted by Crippen LogP contribution is -2.42. The second-order valence-electron chi connectivity index (χ2n) is 5.32. The first kappa shape index (κ1) is 16.1. The number of hydrogen-bond acceptors (Lipinski definition) is 2. The number of aliphatic carboxylic acids is 1. The molecule has 0 aliphatic heterocycles. The lowest BCUT2D eigenvalue weighted by molar-refractivity contribution is -0.142. The maximum Gasteiger partial charge on any atom is 0.326 e. The third-order valence-electron chi connectivity index (χ3n) is 3.53. The second kappa shape index (κ2) is 7.14. The van der Waals surface area contributed by atoms with Gasteiger partial charge in [-0.25, -0.2) is 4.79 Å². The molecule has 1 saturated carbocycles. The van der Waals surface area contributed by atoms with Crippen molar-refractivity contribution in [2.75, 3.05) is 0 Å². The molecule has 1 amide bonds. The average molecular weight is 330 g/mol. The molecule has 1 aliphatic rings. The highest BCUT2D eigenvalue weighted by Gasteiger charge is 2.37. The lowest BCUT2D eigenvalue weighted by Gasteiger charge is -2.13. The highest BCUT2D eigenvalue weighted by Crippen LogP contribution is 2.32. The van der Waals surface area contributed by atoms with Gasteiger partial charge in [-0.1, -0.05) is 29.3 Å². The van der Waals surface area contributed by atoms with Gasteiger partial charge in [0.05, 0.1) is 10.0 Å². The number of carboxylic acids is 1.